The lowest BCUT2D eigenvalue weighted by molar-refractivity contribution is -0.137. The number of halogens is 1. The third-order valence-electron chi connectivity index (χ3n) is 2.93. The molecule has 1 amide bonds. The van der Waals surface area contributed by atoms with Gasteiger partial charge in [0.1, 0.15) is 18.0 Å². The summed E-state index contributed by atoms with van der Waals surface area (Å²) in [7, 11) is 0. The fraction of sp³-hybridized carbons (Fsp3) is 0.471. The Morgan fingerprint density at radius 1 is 1.40 bits per heavy atom. The van der Waals surface area contributed by atoms with E-state index >= 15 is 0 Å². The van der Waals surface area contributed by atoms with Gasteiger partial charge in [-0.1, -0.05) is 0 Å². The van der Waals surface area contributed by atoms with Crippen molar-refractivity contribution >= 4 is 34.7 Å². The molecule has 1 atom stereocenters. The molecule has 0 aliphatic rings. The first-order chi connectivity index (χ1) is 11.6. The number of nitrogens with one attached hydrogen (secondary N) is 1. The zero-order chi connectivity index (χ0) is 19.0. The first-order valence-electron chi connectivity index (χ1n) is 7.64. The minimum Gasteiger partial charge on any atom is -0.490 e. The van der Waals surface area contributed by atoms with Gasteiger partial charge in [-0.05, 0) is 68.0 Å². The van der Waals surface area contributed by atoms with Gasteiger partial charge in [-0.3, -0.25) is 4.79 Å². The van der Waals surface area contributed by atoms with E-state index in [0.29, 0.717) is 11.3 Å². The molecule has 0 saturated carbocycles. The Balaban J connectivity index is 2.75. The van der Waals surface area contributed by atoms with E-state index in [2.05, 4.69) is 27.9 Å². The van der Waals surface area contributed by atoms with E-state index in [1.165, 1.54) is 0 Å². The van der Waals surface area contributed by atoms with Gasteiger partial charge in [0.05, 0.1) is 21.2 Å². The minimum absolute atomic E-state index is 0.0669. The third kappa shape index (κ3) is 8.58. The van der Waals surface area contributed by atoms with Crippen LogP contribution in [0, 0.1) is 14.9 Å². The second kappa shape index (κ2) is 9.46. The van der Waals surface area contributed by atoms with Gasteiger partial charge in [-0.25, -0.2) is 4.79 Å². The topological polar surface area (TPSA) is 109 Å². The van der Waals surface area contributed by atoms with Crippen LogP contribution in [0.25, 0.3) is 0 Å². The van der Waals surface area contributed by atoms with Gasteiger partial charge in [0.2, 0.25) is 0 Å². The molecule has 0 saturated heterocycles. The van der Waals surface area contributed by atoms with Gasteiger partial charge >= 0.3 is 12.1 Å². The van der Waals surface area contributed by atoms with Crippen LogP contribution in [0.5, 0.6) is 5.75 Å². The van der Waals surface area contributed by atoms with Crippen molar-refractivity contribution in [3.05, 3.63) is 27.3 Å². The van der Waals surface area contributed by atoms with Gasteiger partial charge < -0.3 is 19.9 Å². The summed E-state index contributed by atoms with van der Waals surface area (Å²) >= 11 is 2.07. The Morgan fingerprint density at radius 3 is 2.64 bits per heavy atom. The van der Waals surface area contributed by atoms with Gasteiger partial charge in [0.15, 0.2) is 0 Å². The van der Waals surface area contributed by atoms with E-state index in [1.54, 1.807) is 39.0 Å². The normalized spacial score (nSPS) is 12.0. The van der Waals surface area contributed by atoms with Crippen LogP contribution in [0.4, 0.5) is 4.79 Å². The summed E-state index contributed by atoms with van der Waals surface area (Å²) in [5.74, 6) is -0.456. The number of alkyl carbamates (subject to hydrolysis) is 1. The number of carbonyl (C=O) groups excluding carboxylic acids is 1. The molecule has 0 aliphatic carbocycles. The Hall–Kier alpha value is -2.02. The largest absolute Gasteiger partial charge is 0.490 e. The molecule has 136 valence electrons. The first kappa shape index (κ1) is 21.0. The Morgan fingerprint density at radius 2 is 2.08 bits per heavy atom. The number of carboxylic acids is 1. The van der Waals surface area contributed by atoms with E-state index in [-0.39, 0.29) is 19.4 Å². The van der Waals surface area contributed by atoms with Crippen LogP contribution in [-0.2, 0) is 9.53 Å². The number of hydrogen-bond acceptors (Lipinski definition) is 5. The molecule has 0 radical (unpaired) electrons. The number of benzene rings is 1. The molecular formula is C17H21IN2O5. The summed E-state index contributed by atoms with van der Waals surface area (Å²) in [6.45, 7) is 5.29. The average molecular weight is 460 g/mol. The number of amides is 1. The maximum absolute atomic E-state index is 11.9. The van der Waals surface area contributed by atoms with Gasteiger partial charge in [-0.2, -0.15) is 5.26 Å². The summed E-state index contributed by atoms with van der Waals surface area (Å²) in [5, 5.41) is 20.4. The molecule has 0 unspecified atom stereocenters. The highest BCUT2D eigenvalue weighted by Crippen LogP contribution is 2.22. The predicted octanol–water partition coefficient (Wildman–Crippen LogP) is 3.30. The first-order valence-corrected chi connectivity index (χ1v) is 8.72. The van der Waals surface area contributed by atoms with Crippen LogP contribution >= 0.6 is 22.6 Å². The van der Waals surface area contributed by atoms with Crippen molar-refractivity contribution in [1.29, 1.82) is 5.26 Å². The Bertz CT molecular complexity index is 664. The number of aliphatic carboxylic acids is 1. The highest BCUT2D eigenvalue weighted by Gasteiger charge is 2.21. The van der Waals surface area contributed by atoms with Gasteiger partial charge in [0.25, 0.3) is 0 Å². The van der Waals surface area contributed by atoms with Gasteiger partial charge in [0, 0.05) is 6.42 Å². The van der Waals surface area contributed by atoms with Crippen molar-refractivity contribution in [1.82, 2.24) is 5.32 Å². The maximum Gasteiger partial charge on any atom is 0.407 e. The molecular weight excluding hydrogens is 439 g/mol. The molecule has 0 bridgehead atoms. The van der Waals surface area contributed by atoms with E-state index < -0.39 is 23.7 Å². The van der Waals surface area contributed by atoms with Crippen molar-refractivity contribution in [3.8, 4) is 11.8 Å². The Labute approximate surface area is 160 Å². The quantitative estimate of drug-likeness (QED) is 0.605. The number of nitriles is 1. The van der Waals surface area contributed by atoms with E-state index in [4.69, 9.17) is 19.8 Å². The lowest BCUT2D eigenvalue weighted by Gasteiger charge is -2.23. The minimum atomic E-state index is -0.961. The molecule has 0 aromatic heterocycles. The van der Waals surface area contributed by atoms with E-state index in [1.807, 2.05) is 6.07 Å². The van der Waals surface area contributed by atoms with Crippen LogP contribution in [0.1, 0.15) is 39.2 Å². The number of carboxylic acid groups (broad SMARTS) is 1. The van der Waals surface area contributed by atoms with Crippen LogP contribution in [0.15, 0.2) is 18.2 Å². The fourth-order valence-corrected chi connectivity index (χ4v) is 2.33. The summed E-state index contributed by atoms with van der Waals surface area (Å²) in [6, 6.07) is 6.52. The third-order valence-corrected chi connectivity index (χ3v) is 3.82. The summed E-state index contributed by atoms with van der Waals surface area (Å²) in [6.07, 6.45) is -0.547. The molecule has 1 aromatic rings. The Kier molecular flexibility index (Phi) is 7.96. The molecule has 0 heterocycles. The van der Waals surface area contributed by atoms with Crippen LogP contribution in [0.3, 0.4) is 0 Å². The smallest absolute Gasteiger partial charge is 0.407 e. The standard InChI is InChI=1S/C17H21IN2O5/c1-17(2,3)25-16(23)20-12(5-7-15(21)22)10-24-14-8-11(9-19)4-6-13(14)18/h4,6,8,12H,5,7,10H2,1-3H3,(H,20,23)(H,21,22)/t12-/m0/s1. The molecule has 1 rings (SSSR count). The number of nitrogens with zero attached hydrogens (tertiary/aromatic N) is 1. The highest BCUT2D eigenvalue weighted by molar-refractivity contribution is 14.1. The van der Waals surface area contributed by atoms with Crippen molar-refractivity contribution < 1.29 is 24.2 Å². The summed E-state index contributed by atoms with van der Waals surface area (Å²) < 4.78 is 11.7. The van der Waals surface area contributed by atoms with Crippen molar-refractivity contribution in [3.63, 3.8) is 0 Å². The predicted molar refractivity (Wildman–Crippen MR) is 99.4 cm³/mol. The summed E-state index contributed by atoms with van der Waals surface area (Å²) in [5.41, 5.74) is -0.198. The van der Waals surface area contributed by atoms with Crippen molar-refractivity contribution in [2.75, 3.05) is 6.61 Å². The van der Waals surface area contributed by atoms with Crippen molar-refractivity contribution in [2.45, 2.75) is 45.3 Å². The molecule has 0 aliphatic heterocycles. The zero-order valence-corrected chi connectivity index (χ0v) is 16.5. The van der Waals surface area contributed by atoms with Crippen LogP contribution < -0.4 is 10.1 Å². The monoisotopic (exact) mass is 460 g/mol. The molecule has 0 fully saturated rings. The molecule has 7 nitrogen and oxygen atoms in total. The lowest BCUT2D eigenvalue weighted by atomic mass is 10.1. The lowest BCUT2D eigenvalue weighted by Crippen LogP contribution is -2.42. The number of hydrogen-bond donors (Lipinski definition) is 2. The number of rotatable bonds is 7. The maximum atomic E-state index is 11.9. The fourth-order valence-electron chi connectivity index (χ4n) is 1.84. The molecule has 2 N–H and O–H groups in total. The van der Waals surface area contributed by atoms with Crippen LogP contribution in [0.2, 0.25) is 0 Å². The molecule has 25 heavy (non-hydrogen) atoms. The van der Waals surface area contributed by atoms with Crippen molar-refractivity contribution in [2.24, 2.45) is 0 Å². The molecule has 1 aromatic carbocycles. The second-order valence-electron chi connectivity index (χ2n) is 6.34. The second-order valence-corrected chi connectivity index (χ2v) is 7.51. The zero-order valence-electron chi connectivity index (χ0n) is 14.3. The summed E-state index contributed by atoms with van der Waals surface area (Å²) in [4.78, 5) is 22.7. The van der Waals surface area contributed by atoms with E-state index in [0.717, 1.165) is 3.57 Å². The van der Waals surface area contributed by atoms with E-state index in [9.17, 15) is 9.59 Å². The average Bonchev–Trinajstić information content (AvgIpc) is 2.49. The number of carbonyl (C=O) groups is 2. The van der Waals surface area contributed by atoms with Crippen LogP contribution in [-0.4, -0.2) is 35.4 Å². The SMILES string of the molecule is CC(C)(C)OC(=O)N[C@@H](CCC(=O)O)COc1cc(C#N)ccc1I. The molecule has 0 spiro atoms. The number of ether oxygens (including phenoxy) is 2. The van der Waals surface area contributed by atoms with Gasteiger partial charge in [-0.15, -0.1) is 0 Å². The molecule has 8 heteroatoms. The highest BCUT2D eigenvalue weighted by atomic mass is 127.